The van der Waals surface area contributed by atoms with Gasteiger partial charge in [-0.15, -0.1) is 0 Å². The van der Waals surface area contributed by atoms with Crippen LogP contribution in [0.1, 0.15) is 0 Å². The molecule has 0 unspecified atom stereocenters. The van der Waals surface area contributed by atoms with Crippen LogP contribution >= 0.6 is 27.5 Å². The third-order valence-electron chi connectivity index (χ3n) is 1.65. The van der Waals surface area contributed by atoms with Crippen LogP contribution < -0.4 is 10.5 Å². The van der Waals surface area contributed by atoms with Crippen LogP contribution in [0.4, 0.5) is 10.3 Å². The van der Waals surface area contributed by atoms with Crippen molar-refractivity contribution in [2.24, 2.45) is 0 Å². The van der Waals surface area contributed by atoms with Crippen LogP contribution in [-0.4, -0.2) is 15.0 Å². The van der Waals surface area contributed by atoms with Crippen LogP contribution in [-0.2, 0) is 0 Å². The number of nitrogens with two attached hydrogens (primary N) is 1. The van der Waals surface area contributed by atoms with Gasteiger partial charge in [0.05, 0.1) is 0 Å². The maximum absolute atomic E-state index is 13.1. The number of rotatable bonds is 2. The zero-order valence-electron chi connectivity index (χ0n) is 8.19. The lowest BCUT2D eigenvalue weighted by atomic mass is 10.3. The second-order valence-electron chi connectivity index (χ2n) is 2.95. The minimum absolute atomic E-state index is 0.0736. The largest absolute Gasteiger partial charge is 0.424 e. The van der Waals surface area contributed by atoms with E-state index in [0.29, 0.717) is 4.47 Å². The number of hydrogen-bond donors (Lipinski definition) is 1. The number of anilines is 1. The van der Waals surface area contributed by atoms with Crippen molar-refractivity contribution in [3.63, 3.8) is 0 Å². The van der Waals surface area contributed by atoms with E-state index in [1.54, 1.807) is 6.07 Å². The molecule has 0 radical (unpaired) electrons. The van der Waals surface area contributed by atoms with Crippen molar-refractivity contribution in [2.45, 2.75) is 0 Å². The van der Waals surface area contributed by atoms with Crippen LogP contribution in [0.5, 0.6) is 11.8 Å². The Kier molecular flexibility index (Phi) is 3.39. The highest BCUT2D eigenvalue weighted by Crippen LogP contribution is 2.24. The summed E-state index contributed by atoms with van der Waals surface area (Å²) in [4.78, 5) is 11.0. The summed E-state index contributed by atoms with van der Waals surface area (Å²) in [6.07, 6.45) is 0. The molecule has 1 heterocycles. The molecule has 8 heteroatoms. The summed E-state index contributed by atoms with van der Waals surface area (Å²) in [5.41, 5.74) is 5.36. The van der Waals surface area contributed by atoms with Gasteiger partial charge < -0.3 is 10.5 Å². The van der Waals surface area contributed by atoms with E-state index < -0.39 is 5.82 Å². The molecule has 5 nitrogen and oxygen atoms in total. The van der Waals surface area contributed by atoms with E-state index in [0.717, 1.165) is 0 Å². The standard InChI is InChI=1S/C9H5BrClFN4O/c10-4-1-5(12)3-6(2-4)17-9-15-7(11)14-8(13)16-9/h1-3H,(H2,13,14,15,16). The summed E-state index contributed by atoms with van der Waals surface area (Å²) in [5.74, 6) is -0.309. The molecule has 0 bridgehead atoms. The molecule has 0 saturated carbocycles. The quantitative estimate of drug-likeness (QED) is 0.921. The van der Waals surface area contributed by atoms with Crippen molar-refractivity contribution in [3.05, 3.63) is 33.8 Å². The first-order valence-corrected chi connectivity index (χ1v) is 5.51. The second-order valence-corrected chi connectivity index (χ2v) is 4.21. The van der Waals surface area contributed by atoms with Gasteiger partial charge in [-0.05, 0) is 23.7 Å². The van der Waals surface area contributed by atoms with Gasteiger partial charge >= 0.3 is 6.01 Å². The van der Waals surface area contributed by atoms with Crippen molar-refractivity contribution < 1.29 is 9.13 Å². The molecule has 17 heavy (non-hydrogen) atoms. The van der Waals surface area contributed by atoms with Gasteiger partial charge in [-0.25, -0.2) is 4.39 Å². The fourth-order valence-corrected chi connectivity index (χ4v) is 1.69. The summed E-state index contributed by atoms with van der Waals surface area (Å²) in [5, 5.41) is -0.0945. The Balaban J connectivity index is 2.31. The average Bonchev–Trinajstić information content (AvgIpc) is 2.13. The van der Waals surface area contributed by atoms with Gasteiger partial charge in [0.25, 0.3) is 0 Å². The molecular formula is C9H5BrClFN4O. The summed E-state index contributed by atoms with van der Waals surface area (Å²) < 4.78 is 18.8. The highest BCUT2D eigenvalue weighted by atomic mass is 79.9. The molecule has 0 aliphatic heterocycles. The Morgan fingerprint density at radius 3 is 2.65 bits per heavy atom. The fraction of sp³-hybridized carbons (Fsp3) is 0. The van der Waals surface area contributed by atoms with E-state index in [1.807, 2.05) is 0 Å². The van der Waals surface area contributed by atoms with Crippen LogP contribution in [0.2, 0.25) is 5.28 Å². The fourth-order valence-electron chi connectivity index (χ4n) is 1.08. The molecule has 0 amide bonds. The van der Waals surface area contributed by atoms with Gasteiger partial charge in [-0.1, -0.05) is 15.9 Å². The van der Waals surface area contributed by atoms with Crippen molar-refractivity contribution in [2.75, 3.05) is 5.73 Å². The monoisotopic (exact) mass is 318 g/mol. The highest BCUT2D eigenvalue weighted by Gasteiger charge is 2.06. The van der Waals surface area contributed by atoms with Crippen LogP contribution in [0.3, 0.4) is 0 Å². The average molecular weight is 320 g/mol. The first-order valence-electron chi connectivity index (χ1n) is 4.34. The minimum Gasteiger partial charge on any atom is -0.424 e. The first kappa shape index (κ1) is 12.0. The van der Waals surface area contributed by atoms with E-state index in [1.165, 1.54) is 12.1 Å². The molecule has 2 rings (SSSR count). The zero-order chi connectivity index (χ0) is 12.4. The van der Waals surface area contributed by atoms with Crippen molar-refractivity contribution in [1.29, 1.82) is 0 Å². The molecular weight excluding hydrogens is 314 g/mol. The molecule has 0 atom stereocenters. The molecule has 0 aliphatic carbocycles. The number of halogens is 3. The molecule has 0 spiro atoms. The van der Waals surface area contributed by atoms with Crippen LogP contribution in [0.25, 0.3) is 0 Å². The Morgan fingerprint density at radius 1 is 1.24 bits per heavy atom. The van der Waals surface area contributed by atoms with E-state index in [2.05, 4.69) is 30.9 Å². The molecule has 88 valence electrons. The summed E-state index contributed by atoms with van der Waals surface area (Å²) in [7, 11) is 0. The lowest BCUT2D eigenvalue weighted by Gasteiger charge is -2.04. The SMILES string of the molecule is Nc1nc(Cl)nc(Oc2cc(F)cc(Br)c2)n1. The van der Waals surface area contributed by atoms with Gasteiger partial charge in [0.1, 0.15) is 11.6 Å². The van der Waals surface area contributed by atoms with Gasteiger partial charge in [0, 0.05) is 10.5 Å². The minimum atomic E-state index is -0.456. The van der Waals surface area contributed by atoms with Gasteiger partial charge in [0.15, 0.2) is 0 Å². The predicted molar refractivity (Wildman–Crippen MR) is 63.4 cm³/mol. The molecule has 2 N–H and O–H groups in total. The van der Waals surface area contributed by atoms with Gasteiger partial charge in [-0.3, -0.25) is 0 Å². The summed E-state index contributed by atoms with van der Waals surface area (Å²) >= 11 is 8.70. The number of nitrogen functional groups attached to an aromatic ring is 1. The number of aromatic nitrogens is 3. The first-order chi connectivity index (χ1) is 8.02. The molecule has 0 fully saturated rings. The predicted octanol–water partition coefficient (Wildman–Crippen LogP) is 2.80. The Bertz CT molecular complexity index is 479. The number of nitrogens with zero attached hydrogens (tertiary/aromatic N) is 3. The van der Waals surface area contributed by atoms with Crippen molar-refractivity contribution >= 4 is 33.5 Å². The van der Waals surface area contributed by atoms with Crippen molar-refractivity contribution in [3.8, 4) is 11.8 Å². The maximum Gasteiger partial charge on any atom is 0.328 e. The Labute approximate surface area is 109 Å². The lowest BCUT2D eigenvalue weighted by Crippen LogP contribution is -2.00. The third kappa shape index (κ3) is 3.24. The smallest absolute Gasteiger partial charge is 0.328 e. The van der Waals surface area contributed by atoms with E-state index >= 15 is 0 Å². The Hall–Kier alpha value is -1.47. The molecule has 0 saturated heterocycles. The van der Waals surface area contributed by atoms with Crippen LogP contribution in [0, 0.1) is 5.82 Å². The summed E-state index contributed by atoms with van der Waals surface area (Å²) in [6, 6.07) is 3.93. The van der Waals surface area contributed by atoms with Gasteiger partial charge in [-0.2, -0.15) is 15.0 Å². The Morgan fingerprint density at radius 2 is 2.00 bits per heavy atom. The molecule has 1 aromatic heterocycles. The van der Waals surface area contributed by atoms with E-state index in [-0.39, 0.29) is 23.0 Å². The number of hydrogen-bond acceptors (Lipinski definition) is 5. The van der Waals surface area contributed by atoms with E-state index in [4.69, 9.17) is 22.1 Å². The molecule has 2 aromatic rings. The second kappa shape index (κ2) is 4.80. The van der Waals surface area contributed by atoms with Gasteiger partial charge in [0.2, 0.25) is 11.2 Å². The summed E-state index contributed by atoms with van der Waals surface area (Å²) in [6.45, 7) is 0. The molecule has 0 aliphatic rings. The number of benzene rings is 1. The number of ether oxygens (including phenoxy) is 1. The maximum atomic E-state index is 13.1. The topological polar surface area (TPSA) is 73.9 Å². The van der Waals surface area contributed by atoms with Crippen molar-refractivity contribution in [1.82, 2.24) is 15.0 Å². The van der Waals surface area contributed by atoms with Crippen LogP contribution in [0.15, 0.2) is 22.7 Å². The third-order valence-corrected chi connectivity index (χ3v) is 2.28. The molecule has 1 aromatic carbocycles. The zero-order valence-corrected chi connectivity index (χ0v) is 10.5. The normalized spacial score (nSPS) is 10.3. The van der Waals surface area contributed by atoms with E-state index in [9.17, 15) is 4.39 Å². The highest BCUT2D eigenvalue weighted by molar-refractivity contribution is 9.10. The lowest BCUT2D eigenvalue weighted by molar-refractivity contribution is 0.436.